The van der Waals surface area contributed by atoms with E-state index in [2.05, 4.69) is 28.2 Å². The number of amides is 1. The molecular weight excluding hydrogens is 368 g/mol. The second kappa shape index (κ2) is 9.37. The molecule has 0 fully saturated rings. The van der Waals surface area contributed by atoms with Crippen molar-refractivity contribution in [2.24, 2.45) is 0 Å². The highest BCUT2D eigenvalue weighted by Gasteiger charge is 2.15. The van der Waals surface area contributed by atoms with E-state index in [9.17, 15) is 4.79 Å². The van der Waals surface area contributed by atoms with Crippen LogP contribution in [0.15, 0.2) is 66.3 Å². The molecule has 3 rings (SSSR count). The summed E-state index contributed by atoms with van der Waals surface area (Å²) in [5.41, 5.74) is 4.46. The van der Waals surface area contributed by atoms with Gasteiger partial charge in [-0.15, -0.1) is 16.8 Å². The molecule has 2 aromatic carbocycles. The van der Waals surface area contributed by atoms with Gasteiger partial charge in [-0.05, 0) is 25.5 Å². The molecule has 0 atom stereocenters. The van der Waals surface area contributed by atoms with Crippen molar-refractivity contribution in [3.63, 3.8) is 0 Å². The molecule has 0 aliphatic heterocycles. The summed E-state index contributed by atoms with van der Waals surface area (Å²) >= 11 is 1.38. The Kier molecular flexibility index (Phi) is 6.66. The summed E-state index contributed by atoms with van der Waals surface area (Å²) in [5.74, 6) is 1.04. The van der Waals surface area contributed by atoms with Crippen molar-refractivity contribution in [3.8, 4) is 11.4 Å². The molecule has 1 N–H and O–H groups in total. The van der Waals surface area contributed by atoms with E-state index in [-0.39, 0.29) is 11.7 Å². The minimum Gasteiger partial charge on any atom is -0.351 e. The number of thioether (sulfide) groups is 1. The van der Waals surface area contributed by atoms with Crippen molar-refractivity contribution in [2.75, 3.05) is 5.75 Å². The fourth-order valence-electron chi connectivity index (χ4n) is 2.77. The Morgan fingerprint density at radius 1 is 1.14 bits per heavy atom. The Morgan fingerprint density at radius 2 is 1.93 bits per heavy atom. The van der Waals surface area contributed by atoms with Crippen molar-refractivity contribution < 1.29 is 4.79 Å². The fourth-order valence-corrected chi connectivity index (χ4v) is 3.55. The van der Waals surface area contributed by atoms with Crippen molar-refractivity contribution in [1.82, 2.24) is 20.1 Å². The summed E-state index contributed by atoms with van der Waals surface area (Å²) in [4.78, 5) is 12.2. The second-order valence-corrected chi connectivity index (χ2v) is 7.57. The maximum atomic E-state index is 12.2. The zero-order chi connectivity index (χ0) is 19.9. The number of benzene rings is 2. The molecule has 0 unspecified atom stereocenters. The smallest absolute Gasteiger partial charge is 0.230 e. The molecule has 0 radical (unpaired) electrons. The topological polar surface area (TPSA) is 59.8 Å². The summed E-state index contributed by atoms with van der Waals surface area (Å²) in [5, 5.41) is 12.3. The first-order valence-corrected chi connectivity index (χ1v) is 10.1. The van der Waals surface area contributed by atoms with Gasteiger partial charge in [0.25, 0.3) is 0 Å². The van der Waals surface area contributed by atoms with Crippen molar-refractivity contribution in [2.45, 2.75) is 32.1 Å². The molecule has 0 saturated carbocycles. The van der Waals surface area contributed by atoms with E-state index in [1.165, 1.54) is 17.3 Å². The van der Waals surface area contributed by atoms with E-state index in [0.717, 1.165) is 22.5 Å². The summed E-state index contributed by atoms with van der Waals surface area (Å²) in [6.07, 6.45) is 1.81. The predicted molar refractivity (Wildman–Crippen MR) is 114 cm³/mol. The number of aromatic nitrogens is 3. The average molecular weight is 393 g/mol. The van der Waals surface area contributed by atoms with Gasteiger partial charge in [0.2, 0.25) is 5.91 Å². The monoisotopic (exact) mass is 392 g/mol. The standard InChI is InChI=1S/C22H24N4OS/c1-4-12-26-21(19-7-5-6-17(3)13-19)24-25-22(26)28-15-20(27)23-14-18-10-8-16(2)9-11-18/h4-11,13H,1,12,14-15H2,2-3H3,(H,23,27). The number of hydrogen-bond acceptors (Lipinski definition) is 4. The number of nitrogens with zero attached hydrogens (tertiary/aromatic N) is 3. The van der Waals surface area contributed by atoms with Crippen molar-refractivity contribution in [3.05, 3.63) is 77.9 Å². The van der Waals surface area contributed by atoms with Gasteiger partial charge in [-0.1, -0.05) is 71.4 Å². The Morgan fingerprint density at radius 3 is 2.64 bits per heavy atom. The molecule has 0 aliphatic rings. The largest absolute Gasteiger partial charge is 0.351 e. The van der Waals surface area contributed by atoms with Crippen LogP contribution in [0.3, 0.4) is 0 Å². The van der Waals surface area contributed by atoms with Crippen LogP contribution in [0.5, 0.6) is 0 Å². The van der Waals surface area contributed by atoms with Crippen LogP contribution in [0.4, 0.5) is 0 Å². The summed E-state index contributed by atoms with van der Waals surface area (Å²) < 4.78 is 1.99. The van der Waals surface area contributed by atoms with E-state index in [4.69, 9.17) is 0 Å². The zero-order valence-corrected chi connectivity index (χ0v) is 17.0. The number of carbonyl (C=O) groups excluding carboxylic acids is 1. The lowest BCUT2D eigenvalue weighted by molar-refractivity contribution is -0.118. The van der Waals surface area contributed by atoms with Gasteiger partial charge in [0.05, 0.1) is 5.75 Å². The highest BCUT2D eigenvalue weighted by atomic mass is 32.2. The third-order valence-electron chi connectivity index (χ3n) is 4.25. The molecule has 144 valence electrons. The molecule has 0 spiro atoms. The van der Waals surface area contributed by atoms with Gasteiger partial charge in [-0.3, -0.25) is 9.36 Å². The van der Waals surface area contributed by atoms with Crippen LogP contribution in [0, 0.1) is 13.8 Å². The number of rotatable bonds is 8. The average Bonchev–Trinajstić information content (AvgIpc) is 3.09. The van der Waals surface area contributed by atoms with Gasteiger partial charge in [0, 0.05) is 18.7 Å². The Bertz CT molecular complexity index is 963. The first-order chi connectivity index (χ1) is 13.6. The molecule has 6 heteroatoms. The quantitative estimate of drug-likeness (QED) is 0.462. The number of nitrogens with one attached hydrogen (secondary N) is 1. The van der Waals surface area contributed by atoms with Gasteiger partial charge in [-0.25, -0.2) is 0 Å². The maximum absolute atomic E-state index is 12.2. The van der Waals surface area contributed by atoms with Crippen LogP contribution < -0.4 is 5.32 Å². The number of hydrogen-bond donors (Lipinski definition) is 1. The van der Waals surface area contributed by atoms with Gasteiger partial charge >= 0.3 is 0 Å². The lowest BCUT2D eigenvalue weighted by Crippen LogP contribution is -2.24. The minimum absolute atomic E-state index is 0.0316. The Hall–Kier alpha value is -2.86. The van der Waals surface area contributed by atoms with E-state index in [1.807, 2.05) is 67.0 Å². The van der Waals surface area contributed by atoms with Crippen LogP contribution in [0.2, 0.25) is 0 Å². The third kappa shape index (κ3) is 5.10. The second-order valence-electron chi connectivity index (χ2n) is 6.63. The van der Waals surface area contributed by atoms with Gasteiger partial charge in [0.1, 0.15) is 0 Å². The lowest BCUT2D eigenvalue weighted by Gasteiger charge is -2.09. The molecule has 3 aromatic rings. The minimum atomic E-state index is -0.0316. The van der Waals surface area contributed by atoms with Crippen LogP contribution in [0.25, 0.3) is 11.4 Å². The predicted octanol–water partition coefficient (Wildman–Crippen LogP) is 4.16. The third-order valence-corrected chi connectivity index (χ3v) is 5.21. The zero-order valence-electron chi connectivity index (χ0n) is 16.2. The molecule has 1 amide bonds. The normalized spacial score (nSPS) is 10.6. The van der Waals surface area contributed by atoms with Crippen molar-refractivity contribution in [1.29, 1.82) is 0 Å². The molecule has 5 nitrogen and oxygen atoms in total. The van der Waals surface area contributed by atoms with Crippen molar-refractivity contribution >= 4 is 17.7 Å². The number of allylic oxidation sites excluding steroid dienone is 1. The lowest BCUT2D eigenvalue weighted by atomic mass is 10.1. The van der Waals surface area contributed by atoms with Crippen LogP contribution in [-0.2, 0) is 17.9 Å². The summed E-state index contributed by atoms with van der Waals surface area (Å²) in [6, 6.07) is 16.3. The molecule has 1 aromatic heterocycles. The van der Waals surface area contributed by atoms with Gasteiger partial charge in [-0.2, -0.15) is 0 Å². The number of carbonyl (C=O) groups is 1. The highest BCUT2D eigenvalue weighted by molar-refractivity contribution is 7.99. The van der Waals surface area contributed by atoms with Crippen LogP contribution in [-0.4, -0.2) is 26.4 Å². The van der Waals surface area contributed by atoms with Crippen LogP contribution in [0.1, 0.15) is 16.7 Å². The van der Waals surface area contributed by atoms with E-state index < -0.39 is 0 Å². The van der Waals surface area contributed by atoms with E-state index in [0.29, 0.717) is 18.2 Å². The summed E-state index contributed by atoms with van der Waals surface area (Å²) in [7, 11) is 0. The number of aryl methyl sites for hydroxylation is 2. The SMILES string of the molecule is C=CCn1c(SCC(=O)NCc2ccc(C)cc2)nnc1-c1cccc(C)c1. The first kappa shape index (κ1) is 19.9. The van der Waals surface area contributed by atoms with E-state index in [1.54, 1.807) is 0 Å². The van der Waals surface area contributed by atoms with Gasteiger partial charge in [0.15, 0.2) is 11.0 Å². The maximum Gasteiger partial charge on any atom is 0.230 e. The first-order valence-electron chi connectivity index (χ1n) is 9.13. The summed E-state index contributed by atoms with van der Waals surface area (Å²) in [6.45, 7) is 9.03. The van der Waals surface area contributed by atoms with Gasteiger partial charge < -0.3 is 5.32 Å². The van der Waals surface area contributed by atoms with Crippen LogP contribution >= 0.6 is 11.8 Å². The Labute approximate surface area is 169 Å². The highest BCUT2D eigenvalue weighted by Crippen LogP contribution is 2.24. The van der Waals surface area contributed by atoms with E-state index >= 15 is 0 Å². The Balaban J connectivity index is 1.64. The fraction of sp³-hybridized carbons (Fsp3) is 0.227. The molecule has 0 aliphatic carbocycles. The molecule has 0 bridgehead atoms. The molecule has 28 heavy (non-hydrogen) atoms. The molecule has 0 saturated heterocycles. The molecule has 1 heterocycles. The molecular formula is C22H24N4OS.